The van der Waals surface area contributed by atoms with Crippen molar-refractivity contribution < 1.29 is 26.7 Å². The Bertz CT molecular complexity index is 1650. The lowest BCUT2D eigenvalue weighted by Crippen LogP contribution is -2.41. The molecule has 230 valence electrons. The van der Waals surface area contributed by atoms with Crippen LogP contribution in [-0.4, -0.2) is 63.3 Å². The minimum absolute atomic E-state index is 0.0833. The highest BCUT2D eigenvalue weighted by Crippen LogP contribution is 2.41. The molecule has 0 saturated carbocycles. The van der Waals surface area contributed by atoms with E-state index in [1.54, 1.807) is 26.1 Å². The number of hydrogen-bond acceptors (Lipinski definition) is 7. The van der Waals surface area contributed by atoms with Gasteiger partial charge in [-0.15, -0.1) is 5.73 Å². The number of alkyl halides is 5. The molecule has 3 aromatic rings. The molecule has 13 heteroatoms. The Kier molecular flexibility index (Phi) is 8.67. The Labute approximate surface area is 245 Å². The van der Waals surface area contributed by atoms with E-state index in [-0.39, 0.29) is 31.0 Å². The summed E-state index contributed by atoms with van der Waals surface area (Å²) in [6.45, 7) is 7.10. The fourth-order valence-corrected chi connectivity index (χ4v) is 5.48. The second-order valence-corrected chi connectivity index (χ2v) is 10.8. The number of allylic oxidation sites excluding steroid dienone is 1. The van der Waals surface area contributed by atoms with Crippen LogP contribution in [0.25, 0.3) is 16.7 Å². The van der Waals surface area contributed by atoms with E-state index in [0.717, 1.165) is 0 Å². The van der Waals surface area contributed by atoms with Gasteiger partial charge in [-0.25, -0.2) is 29.0 Å². The first-order chi connectivity index (χ1) is 20.5. The number of pyridine rings is 1. The van der Waals surface area contributed by atoms with E-state index in [9.17, 15) is 26.7 Å². The van der Waals surface area contributed by atoms with Gasteiger partial charge in [0.2, 0.25) is 0 Å². The number of aryl methyl sites for hydroxylation is 2. The van der Waals surface area contributed by atoms with Crippen molar-refractivity contribution in [2.75, 3.05) is 31.4 Å². The minimum atomic E-state index is -4.45. The summed E-state index contributed by atoms with van der Waals surface area (Å²) in [6, 6.07) is 3.02. The smallest absolute Gasteiger partial charge is 0.373 e. The van der Waals surface area contributed by atoms with Crippen molar-refractivity contribution >= 4 is 16.7 Å². The number of hydrogen-bond donors (Lipinski definition) is 0. The lowest BCUT2D eigenvalue weighted by atomic mass is 9.90. The van der Waals surface area contributed by atoms with Crippen molar-refractivity contribution in [2.45, 2.75) is 71.3 Å². The van der Waals surface area contributed by atoms with Crippen LogP contribution in [0.4, 0.5) is 22.0 Å². The third-order valence-electron chi connectivity index (χ3n) is 8.02. The second-order valence-electron chi connectivity index (χ2n) is 10.8. The number of rotatable bonds is 5. The highest BCUT2D eigenvalue weighted by atomic mass is 19.4. The van der Waals surface area contributed by atoms with Gasteiger partial charge < -0.3 is 9.75 Å². The molecule has 3 aromatic heterocycles. The largest absolute Gasteiger partial charge is 0.420 e. The van der Waals surface area contributed by atoms with Gasteiger partial charge in [0.25, 0.3) is 5.56 Å². The van der Waals surface area contributed by atoms with E-state index >= 15 is 0 Å². The Morgan fingerprint density at radius 2 is 1.79 bits per heavy atom. The fourth-order valence-electron chi connectivity index (χ4n) is 5.48. The van der Waals surface area contributed by atoms with Crippen LogP contribution in [0.2, 0.25) is 0 Å². The van der Waals surface area contributed by atoms with Crippen LogP contribution in [0, 0.1) is 19.8 Å². The van der Waals surface area contributed by atoms with Gasteiger partial charge in [-0.1, -0.05) is 13.8 Å². The van der Waals surface area contributed by atoms with Gasteiger partial charge in [0.1, 0.15) is 23.2 Å². The normalized spacial score (nSPS) is 23.8. The van der Waals surface area contributed by atoms with Crippen LogP contribution < -0.4 is 10.6 Å². The third kappa shape index (κ3) is 6.05. The first-order valence-electron chi connectivity index (χ1n) is 14.4. The van der Waals surface area contributed by atoms with Gasteiger partial charge >= 0.3 is 6.18 Å². The molecule has 8 nitrogen and oxygen atoms in total. The Morgan fingerprint density at radius 3 is 2.47 bits per heavy atom. The molecule has 0 radical (unpaired) electrons. The minimum Gasteiger partial charge on any atom is -0.373 e. The predicted molar refractivity (Wildman–Crippen MR) is 151 cm³/mol. The van der Waals surface area contributed by atoms with E-state index in [1.807, 2.05) is 13.8 Å². The standard InChI is InChI=1S/C28H27F5N6O2.C2H6/c1-14-15(2)35-27-25(34-14)24(18-7-20(8-18)28(31,32)33)36-26(37-27)16-5-6-41-22(9-16)17-3-4-23(40)39(12-17)38-11-19(10-29)21(30)13-38;1-2/h3-4,12,16,19,21-22H,5-7,9-11,13H2,1-2H3;1-2H3/t16-,19?,21?,22+;/m0./s1. The molecule has 1 aliphatic carbocycles. The quantitative estimate of drug-likeness (QED) is 0.277. The van der Waals surface area contributed by atoms with Crippen LogP contribution in [-0.2, 0) is 4.74 Å². The molecule has 2 aliphatic heterocycles. The van der Waals surface area contributed by atoms with Gasteiger partial charge in [0.15, 0.2) is 5.65 Å². The maximum Gasteiger partial charge on any atom is 0.420 e. The monoisotopic (exact) mass is 604 g/mol. The summed E-state index contributed by atoms with van der Waals surface area (Å²) in [5.41, 5.74) is 4.51. The van der Waals surface area contributed by atoms with Crippen LogP contribution in [0.15, 0.2) is 34.4 Å². The van der Waals surface area contributed by atoms with Crippen molar-refractivity contribution in [3.05, 3.63) is 68.5 Å². The van der Waals surface area contributed by atoms with Crippen LogP contribution in [0.1, 0.15) is 73.6 Å². The van der Waals surface area contributed by atoms with E-state index in [4.69, 9.17) is 9.72 Å². The maximum absolute atomic E-state index is 14.2. The summed E-state index contributed by atoms with van der Waals surface area (Å²) < 4.78 is 74.2. The van der Waals surface area contributed by atoms with Gasteiger partial charge in [0.05, 0.1) is 36.3 Å². The van der Waals surface area contributed by atoms with Crippen molar-refractivity contribution in [1.29, 1.82) is 0 Å². The molecular weight excluding hydrogens is 571 g/mol. The van der Waals surface area contributed by atoms with Gasteiger partial charge in [-0.05, 0) is 38.3 Å². The summed E-state index contributed by atoms with van der Waals surface area (Å²) in [4.78, 5) is 31.0. The number of ether oxygens (including phenoxy) is 1. The Balaban J connectivity index is 0.00000180. The Morgan fingerprint density at radius 1 is 1.07 bits per heavy atom. The summed E-state index contributed by atoms with van der Waals surface area (Å²) in [6.07, 6.45) is -4.00. The summed E-state index contributed by atoms with van der Waals surface area (Å²) in [5.74, 6) is -0.583. The third-order valence-corrected chi connectivity index (χ3v) is 8.02. The molecule has 3 aliphatic rings. The SMILES string of the molecule is CC.Cc1nc2nc([C@H]3CCO[C@@H](c4ccc(=O)n(N5CC(F)C(CF)C5)c4)C3)nc(C3=C=C(C(F)(F)F)C3)c2nc1C. The molecule has 2 saturated heterocycles. The highest BCUT2D eigenvalue weighted by Gasteiger charge is 2.39. The Hall–Kier alpha value is -3.70. The second kappa shape index (κ2) is 12.1. The zero-order chi connectivity index (χ0) is 31.1. The lowest BCUT2D eigenvalue weighted by molar-refractivity contribution is -0.0934. The van der Waals surface area contributed by atoms with E-state index in [1.165, 1.54) is 15.8 Å². The molecule has 5 heterocycles. The lowest BCUT2D eigenvalue weighted by Gasteiger charge is -2.30. The van der Waals surface area contributed by atoms with Crippen LogP contribution >= 0.6 is 0 Å². The number of aromatic nitrogens is 5. The molecule has 0 spiro atoms. The molecule has 6 rings (SSSR count). The number of nitrogens with zero attached hydrogens (tertiary/aromatic N) is 6. The molecule has 0 aromatic carbocycles. The molecule has 4 atom stereocenters. The highest BCUT2D eigenvalue weighted by molar-refractivity contribution is 5.87. The first-order valence-corrected chi connectivity index (χ1v) is 14.4. The van der Waals surface area contributed by atoms with Crippen LogP contribution in [0.3, 0.4) is 0 Å². The van der Waals surface area contributed by atoms with E-state index in [2.05, 4.69) is 20.7 Å². The number of halogens is 5. The molecule has 2 unspecified atom stereocenters. The molecule has 0 amide bonds. The predicted octanol–water partition coefficient (Wildman–Crippen LogP) is 5.61. The average molecular weight is 605 g/mol. The van der Waals surface area contributed by atoms with Crippen LogP contribution in [0.5, 0.6) is 0 Å². The molecule has 0 bridgehead atoms. The van der Waals surface area contributed by atoms with E-state index in [0.29, 0.717) is 64.7 Å². The summed E-state index contributed by atoms with van der Waals surface area (Å²) >= 11 is 0. The zero-order valence-corrected chi connectivity index (χ0v) is 24.4. The van der Waals surface area contributed by atoms with Crippen molar-refractivity contribution in [1.82, 2.24) is 24.6 Å². The molecule has 0 N–H and O–H groups in total. The van der Waals surface area contributed by atoms with Gasteiger partial charge in [-0.2, -0.15) is 13.2 Å². The van der Waals surface area contributed by atoms with E-state index < -0.39 is 36.6 Å². The van der Waals surface area contributed by atoms with Gasteiger partial charge in [-0.3, -0.25) is 9.18 Å². The molecule has 43 heavy (non-hydrogen) atoms. The zero-order valence-electron chi connectivity index (χ0n) is 24.4. The van der Waals surface area contributed by atoms with Crippen molar-refractivity contribution in [3.8, 4) is 0 Å². The number of fused-ring (bicyclic) bond motifs is 1. The first kappa shape index (κ1) is 30.7. The average Bonchev–Trinajstić information content (AvgIpc) is 3.34. The fraction of sp³-hybridized carbons (Fsp3) is 0.533. The van der Waals surface area contributed by atoms with Crippen molar-refractivity contribution in [3.63, 3.8) is 0 Å². The molecular formula is C30H33F5N6O2. The topological polar surface area (TPSA) is 86.0 Å². The summed E-state index contributed by atoms with van der Waals surface area (Å²) in [5, 5.41) is 1.50. The van der Waals surface area contributed by atoms with Gasteiger partial charge in [0, 0.05) is 49.2 Å². The maximum atomic E-state index is 14.2. The van der Waals surface area contributed by atoms with Crippen molar-refractivity contribution in [2.24, 2.45) is 5.92 Å². The molecule has 2 fully saturated rings. The summed E-state index contributed by atoms with van der Waals surface area (Å²) in [7, 11) is 0.